The summed E-state index contributed by atoms with van der Waals surface area (Å²) < 4.78 is 27.3. The van der Waals surface area contributed by atoms with Crippen molar-refractivity contribution in [2.24, 2.45) is 0 Å². The zero-order valence-corrected chi connectivity index (χ0v) is 13.8. The predicted molar refractivity (Wildman–Crippen MR) is 85.8 cm³/mol. The average Bonchev–Trinajstić information content (AvgIpc) is 2.48. The molecule has 1 heterocycles. The Kier molecular flexibility index (Phi) is 5.37. The molecule has 6 heteroatoms. The molecule has 0 saturated carbocycles. The van der Waals surface area contributed by atoms with Crippen molar-refractivity contribution in [2.75, 3.05) is 13.1 Å². The summed E-state index contributed by atoms with van der Waals surface area (Å²) in [6, 6.07) is 8.23. The van der Waals surface area contributed by atoms with Gasteiger partial charge < -0.3 is 4.90 Å². The summed E-state index contributed by atoms with van der Waals surface area (Å²) in [6.45, 7) is 4.92. The fourth-order valence-electron chi connectivity index (χ4n) is 2.44. The number of amides is 1. The van der Waals surface area contributed by atoms with E-state index in [1.54, 1.807) is 41.3 Å². The molecule has 1 amide bonds. The van der Waals surface area contributed by atoms with Gasteiger partial charge in [0.05, 0.1) is 4.90 Å². The number of nitrogens with zero attached hydrogens (tertiary/aromatic N) is 1. The molecule has 1 saturated heterocycles. The molecule has 0 atom stereocenters. The van der Waals surface area contributed by atoms with Crippen LogP contribution in [-0.2, 0) is 14.8 Å². The van der Waals surface area contributed by atoms with E-state index in [-0.39, 0.29) is 16.8 Å². The molecule has 0 aromatic heterocycles. The minimum absolute atomic E-state index is 0.00404. The highest BCUT2D eigenvalue weighted by molar-refractivity contribution is 7.89. The molecule has 1 N–H and O–H groups in total. The molecule has 1 fully saturated rings. The minimum atomic E-state index is -3.48. The van der Waals surface area contributed by atoms with Gasteiger partial charge in [-0.25, -0.2) is 13.1 Å². The average molecular weight is 322 g/mol. The van der Waals surface area contributed by atoms with Crippen molar-refractivity contribution in [1.29, 1.82) is 0 Å². The van der Waals surface area contributed by atoms with E-state index in [9.17, 15) is 13.2 Å². The molecule has 0 spiro atoms. The van der Waals surface area contributed by atoms with Gasteiger partial charge in [0, 0.05) is 25.2 Å². The van der Waals surface area contributed by atoms with Crippen LogP contribution in [0, 0.1) is 0 Å². The summed E-state index contributed by atoms with van der Waals surface area (Å²) in [5.74, 6) is 0.00404. The molecule has 0 unspecified atom stereocenters. The summed E-state index contributed by atoms with van der Waals surface area (Å²) in [5, 5.41) is 0. The summed E-state index contributed by atoms with van der Waals surface area (Å²) >= 11 is 0. The molecule has 2 rings (SSSR count). The summed E-state index contributed by atoms with van der Waals surface area (Å²) in [7, 11) is -3.48. The van der Waals surface area contributed by atoms with Gasteiger partial charge in [-0.1, -0.05) is 23.8 Å². The number of rotatable bonds is 4. The Hall–Kier alpha value is -1.66. The van der Waals surface area contributed by atoms with E-state index in [0.29, 0.717) is 25.9 Å². The topological polar surface area (TPSA) is 66.5 Å². The maximum atomic E-state index is 12.3. The number of allylic oxidation sites excluding steroid dienone is 1. The highest BCUT2D eigenvalue weighted by atomic mass is 32.2. The third kappa shape index (κ3) is 4.42. The third-order valence-corrected chi connectivity index (χ3v) is 5.13. The number of benzene rings is 1. The van der Waals surface area contributed by atoms with Crippen LogP contribution >= 0.6 is 0 Å². The van der Waals surface area contributed by atoms with Crippen molar-refractivity contribution in [3.63, 3.8) is 0 Å². The first-order valence-electron chi connectivity index (χ1n) is 7.39. The molecule has 0 aliphatic carbocycles. The Bertz CT molecular complexity index is 641. The number of sulfonamides is 1. The van der Waals surface area contributed by atoms with Crippen LogP contribution in [0.5, 0.6) is 0 Å². The van der Waals surface area contributed by atoms with Gasteiger partial charge in [-0.15, -0.1) is 0 Å². The van der Waals surface area contributed by atoms with E-state index < -0.39 is 10.0 Å². The van der Waals surface area contributed by atoms with Crippen LogP contribution in [0.25, 0.3) is 0 Å². The number of piperidine rings is 1. The lowest BCUT2D eigenvalue weighted by atomic mass is 10.1. The van der Waals surface area contributed by atoms with Crippen LogP contribution in [0.2, 0.25) is 0 Å². The zero-order valence-electron chi connectivity index (χ0n) is 13.0. The highest BCUT2D eigenvalue weighted by Gasteiger charge is 2.25. The molecule has 0 radical (unpaired) electrons. The lowest BCUT2D eigenvalue weighted by molar-refractivity contribution is -0.127. The molecule has 1 aliphatic rings. The van der Waals surface area contributed by atoms with Crippen molar-refractivity contribution in [1.82, 2.24) is 9.62 Å². The number of carbonyl (C=O) groups is 1. The van der Waals surface area contributed by atoms with E-state index in [1.165, 1.54) is 0 Å². The fraction of sp³-hybridized carbons (Fsp3) is 0.438. The van der Waals surface area contributed by atoms with Crippen LogP contribution in [-0.4, -0.2) is 38.4 Å². The number of nitrogens with one attached hydrogen (secondary N) is 1. The van der Waals surface area contributed by atoms with E-state index >= 15 is 0 Å². The van der Waals surface area contributed by atoms with Crippen molar-refractivity contribution in [2.45, 2.75) is 37.6 Å². The largest absolute Gasteiger partial charge is 0.339 e. The van der Waals surface area contributed by atoms with Crippen LogP contribution in [0.15, 0.2) is 46.9 Å². The Labute approximate surface area is 132 Å². The van der Waals surface area contributed by atoms with Gasteiger partial charge in [-0.2, -0.15) is 0 Å². The fourth-order valence-corrected chi connectivity index (χ4v) is 3.77. The van der Waals surface area contributed by atoms with Crippen LogP contribution < -0.4 is 4.72 Å². The summed E-state index contributed by atoms with van der Waals surface area (Å²) in [6.07, 6.45) is 2.89. The lowest BCUT2D eigenvalue weighted by Gasteiger charge is -2.31. The monoisotopic (exact) mass is 322 g/mol. The van der Waals surface area contributed by atoms with Crippen molar-refractivity contribution in [3.8, 4) is 0 Å². The van der Waals surface area contributed by atoms with Gasteiger partial charge in [0.15, 0.2) is 0 Å². The highest BCUT2D eigenvalue weighted by Crippen LogP contribution is 2.15. The Morgan fingerprint density at radius 3 is 2.32 bits per heavy atom. The first-order valence-corrected chi connectivity index (χ1v) is 8.88. The molecule has 22 heavy (non-hydrogen) atoms. The molecular formula is C16H22N2O3S. The normalized spacial score (nSPS) is 16.4. The molecule has 1 aliphatic heterocycles. The SMILES string of the molecule is CC(C)=CC(=O)N1CCC(NS(=O)(=O)c2ccccc2)CC1. The standard InChI is InChI=1S/C16H22N2O3S/c1-13(2)12-16(19)18-10-8-14(9-11-18)17-22(20,21)15-6-4-3-5-7-15/h3-7,12,14,17H,8-11H2,1-2H3. The Morgan fingerprint density at radius 1 is 1.18 bits per heavy atom. The van der Waals surface area contributed by atoms with Gasteiger partial charge in [0.2, 0.25) is 15.9 Å². The van der Waals surface area contributed by atoms with Gasteiger partial charge in [0.1, 0.15) is 0 Å². The molecule has 1 aromatic rings. The predicted octanol–water partition coefficient (Wildman–Crippen LogP) is 1.92. The van der Waals surface area contributed by atoms with E-state index in [4.69, 9.17) is 0 Å². The zero-order chi connectivity index (χ0) is 16.2. The summed E-state index contributed by atoms with van der Waals surface area (Å²) in [4.78, 5) is 14.0. The van der Waals surface area contributed by atoms with Crippen molar-refractivity contribution in [3.05, 3.63) is 42.0 Å². The number of hydrogen-bond donors (Lipinski definition) is 1. The number of carbonyl (C=O) groups excluding carboxylic acids is 1. The first-order chi connectivity index (χ1) is 10.4. The quantitative estimate of drug-likeness (QED) is 0.861. The lowest BCUT2D eigenvalue weighted by Crippen LogP contribution is -2.46. The van der Waals surface area contributed by atoms with Crippen LogP contribution in [0.4, 0.5) is 0 Å². The van der Waals surface area contributed by atoms with Crippen molar-refractivity contribution >= 4 is 15.9 Å². The second kappa shape index (κ2) is 7.07. The molecule has 120 valence electrons. The molecule has 5 nitrogen and oxygen atoms in total. The van der Waals surface area contributed by atoms with Crippen LogP contribution in [0.1, 0.15) is 26.7 Å². The van der Waals surface area contributed by atoms with E-state index in [2.05, 4.69) is 4.72 Å². The smallest absolute Gasteiger partial charge is 0.246 e. The minimum Gasteiger partial charge on any atom is -0.339 e. The van der Waals surface area contributed by atoms with Gasteiger partial charge in [-0.3, -0.25) is 4.79 Å². The van der Waals surface area contributed by atoms with Gasteiger partial charge in [0.25, 0.3) is 0 Å². The summed E-state index contributed by atoms with van der Waals surface area (Å²) in [5.41, 5.74) is 0.969. The maximum absolute atomic E-state index is 12.3. The molecule has 0 bridgehead atoms. The van der Waals surface area contributed by atoms with Crippen molar-refractivity contribution < 1.29 is 13.2 Å². The maximum Gasteiger partial charge on any atom is 0.246 e. The second-order valence-electron chi connectivity index (χ2n) is 5.76. The Morgan fingerprint density at radius 2 is 1.77 bits per heavy atom. The number of likely N-dealkylation sites (tertiary alicyclic amines) is 1. The van der Waals surface area contributed by atoms with E-state index in [1.807, 2.05) is 13.8 Å². The van der Waals surface area contributed by atoms with Gasteiger partial charge in [-0.05, 0) is 38.8 Å². The Balaban J connectivity index is 1.93. The molecule has 1 aromatic carbocycles. The first kappa shape index (κ1) is 16.7. The second-order valence-corrected chi connectivity index (χ2v) is 7.47. The third-order valence-electron chi connectivity index (χ3n) is 3.59. The number of hydrogen-bond acceptors (Lipinski definition) is 3. The van der Waals surface area contributed by atoms with E-state index in [0.717, 1.165) is 5.57 Å². The van der Waals surface area contributed by atoms with Gasteiger partial charge >= 0.3 is 0 Å². The molecular weight excluding hydrogens is 300 g/mol. The van der Waals surface area contributed by atoms with Crippen LogP contribution in [0.3, 0.4) is 0 Å².